The zero-order valence-corrected chi connectivity index (χ0v) is 26.4. The zero-order valence-electron chi connectivity index (χ0n) is 26.4. The zero-order chi connectivity index (χ0) is 28.7. The summed E-state index contributed by atoms with van der Waals surface area (Å²) in [7, 11) is 0. The monoisotopic (exact) mass is 548 g/mol. The van der Waals surface area contributed by atoms with Crippen molar-refractivity contribution in [1.29, 1.82) is 0 Å². The molecule has 0 aromatic heterocycles. The van der Waals surface area contributed by atoms with Gasteiger partial charge in [0, 0.05) is 11.7 Å². The van der Waals surface area contributed by atoms with Crippen LogP contribution in [0.2, 0.25) is 0 Å². The second kappa shape index (κ2) is 9.48. The van der Waals surface area contributed by atoms with Gasteiger partial charge in [-0.1, -0.05) is 66.7 Å². The summed E-state index contributed by atoms with van der Waals surface area (Å²) < 4.78 is 0. The number of benzene rings is 1. The van der Waals surface area contributed by atoms with E-state index in [1.807, 2.05) is 0 Å². The van der Waals surface area contributed by atoms with Gasteiger partial charge in [0.05, 0.1) is 5.41 Å². The Hall–Kier alpha value is -1.55. The summed E-state index contributed by atoms with van der Waals surface area (Å²) in [6.07, 6.45) is 11.6. The van der Waals surface area contributed by atoms with Gasteiger partial charge in [-0.15, -0.1) is 0 Å². The first-order valence-electron chi connectivity index (χ1n) is 16.6. The van der Waals surface area contributed by atoms with Crippen LogP contribution in [-0.4, -0.2) is 17.1 Å². The summed E-state index contributed by atoms with van der Waals surface area (Å²) in [5.74, 6) is 2.97. The van der Waals surface area contributed by atoms with E-state index in [1.165, 1.54) is 38.5 Å². The first-order valence-corrected chi connectivity index (χ1v) is 16.6. The van der Waals surface area contributed by atoms with Gasteiger partial charge in [-0.05, 0) is 134 Å². The maximum absolute atomic E-state index is 12.9. The lowest BCUT2D eigenvalue weighted by atomic mass is 9.32. The van der Waals surface area contributed by atoms with E-state index >= 15 is 0 Å². The second-order valence-electron chi connectivity index (χ2n) is 16.7. The molecule has 0 radical (unpaired) electrons. The molecule has 4 nitrogen and oxygen atoms in total. The standard InChI is InChI=1S/C36H56N2O2/c1-23(2)25-15-20-36(31(39)40)22-21-34(6)26(30(25)36)13-14-28-33(5)18-17-29(38-37-24-11-9-8-10-12-24)32(3,4)27(33)16-19-35(28,34)7/h8-12,23,25-30,37-38H,13-22H2,1-7H3,(H,39,40)/t25?,26-,27+,28?,29+,30?,33+,34-,35-,36?/m1/s1. The number of hydrogen-bond acceptors (Lipinski definition) is 3. The number of aliphatic carboxylic acids is 1. The second-order valence-corrected chi connectivity index (χ2v) is 16.7. The average molecular weight is 549 g/mol. The molecule has 0 bridgehead atoms. The molecule has 0 heterocycles. The van der Waals surface area contributed by atoms with Crippen LogP contribution in [0.4, 0.5) is 5.69 Å². The summed E-state index contributed by atoms with van der Waals surface area (Å²) in [5.41, 5.74) is 9.02. The number of carboxylic acid groups (broad SMARTS) is 1. The van der Waals surface area contributed by atoms with E-state index in [4.69, 9.17) is 0 Å². The molecule has 5 fully saturated rings. The van der Waals surface area contributed by atoms with Gasteiger partial charge in [0.2, 0.25) is 0 Å². The highest BCUT2D eigenvalue weighted by molar-refractivity contribution is 5.76. The molecule has 10 atom stereocenters. The largest absolute Gasteiger partial charge is 0.481 e. The van der Waals surface area contributed by atoms with E-state index in [0.29, 0.717) is 41.0 Å². The Bertz CT molecular complexity index is 1120. The van der Waals surface area contributed by atoms with Gasteiger partial charge >= 0.3 is 5.97 Å². The number of rotatable bonds is 5. The number of anilines is 1. The minimum absolute atomic E-state index is 0.201. The smallest absolute Gasteiger partial charge is 0.309 e. The van der Waals surface area contributed by atoms with Crippen molar-refractivity contribution in [3.05, 3.63) is 30.3 Å². The normalized spacial score (nSPS) is 47.5. The molecule has 222 valence electrons. The van der Waals surface area contributed by atoms with E-state index in [-0.39, 0.29) is 16.2 Å². The molecule has 1 aromatic rings. The van der Waals surface area contributed by atoms with Gasteiger partial charge in [-0.25, -0.2) is 5.43 Å². The Labute approximate surface area is 243 Å². The summed E-state index contributed by atoms with van der Waals surface area (Å²) in [4.78, 5) is 12.9. The van der Waals surface area contributed by atoms with Crippen LogP contribution in [-0.2, 0) is 4.79 Å². The summed E-state index contributed by atoms with van der Waals surface area (Å²) >= 11 is 0. The Morgan fingerprint density at radius 1 is 0.825 bits per heavy atom. The fourth-order valence-corrected chi connectivity index (χ4v) is 12.7. The van der Waals surface area contributed by atoms with Gasteiger partial charge in [-0.3, -0.25) is 4.79 Å². The number of hydrogen-bond donors (Lipinski definition) is 3. The quantitative estimate of drug-likeness (QED) is 0.322. The summed E-state index contributed by atoms with van der Waals surface area (Å²) in [6, 6.07) is 11.0. The highest BCUT2D eigenvalue weighted by Crippen LogP contribution is 2.77. The van der Waals surface area contributed by atoms with Gasteiger partial charge in [0.1, 0.15) is 0 Å². The molecule has 5 saturated carbocycles. The molecule has 0 aliphatic heterocycles. The molecule has 4 heteroatoms. The van der Waals surface area contributed by atoms with Crippen molar-refractivity contribution < 1.29 is 9.90 Å². The number of hydrazine groups is 1. The van der Waals surface area contributed by atoms with Crippen LogP contribution >= 0.6 is 0 Å². The minimum atomic E-state index is -0.484. The lowest BCUT2D eigenvalue weighted by Gasteiger charge is -2.73. The molecule has 6 rings (SSSR count). The van der Waals surface area contributed by atoms with Crippen LogP contribution in [0.15, 0.2) is 30.3 Å². The number of nitrogens with one attached hydrogen (secondary N) is 2. The molecule has 0 spiro atoms. The molecular formula is C36H56N2O2. The molecule has 5 aliphatic carbocycles. The Balaban J connectivity index is 1.29. The SMILES string of the molecule is CC(C)C1CCC2(C(=O)O)CC[C@]3(C)[C@H](CCC4[C@@]5(C)CC[C@H](NNc6ccccc6)C(C)(C)[C@@H]5CC[C@]43C)C12. The van der Waals surface area contributed by atoms with Crippen molar-refractivity contribution in [3.63, 3.8) is 0 Å². The third-order valence-electron chi connectivity index (χ3n) is 15.0. The predicted octanol–water partition coefficient (Wildman–Crippen LogP) is 8.79. The number of para-hydroxylation sites is 1. The molecule has 3 N–H and O–H groups in total. The Morgan fingerprint density at radius 3 is 2.23 bits per heavy atom. The highest BCUT2D eigenvalue weighted by atomic mass is 16.4. The van der Waals surface area contributed by atoms with E-state index in [2.05, 4.69) is 89.6 Å². The van der Waals surface area contributed by atoms with Crippen molar-refractivity contribution in [3.8, 4) is 0 Å². The van der Waals surface area contributed by atoms with Gasteiger partial charge < -0.3 is 10.5 Å². The summed E-state index contributed by atoms with van der Waals surface area (Å²) in [5, 5.41) is 10.7. The van der Waals surface area contributed by atoms with Gasteiger partial charge in [-0.2, -0.15) is 0 Å². The number of carboxylic acids is 1. The molecule has 40 heavy (non-hydrogen) atoms. The molecule has 1 aromatic carbocycles. The van der Waals surface area contributed by atoms with Gasteiger partial charge in [0.25, 0.3) is 0 Å². The average Bonchev–Trinajstić information content (AvgIpc) is 3.31. The van der Waals surface area contributed by atoms with Crippen LogP contribution in [0.25, 0.3) is 0 Å². The highest BCUT2D eigenvalue weighted by Gasteiger charge is 2.72. The molecule has 0 amide bonds. The van der Waals surface area contributed by atoms with Crippen LogP contribution < -0.4 is 10.9 Å². The van der Waals surface area contributed by atoms with E-state index < -0.39 is 11.4 Å². The first kappa shape index (κ1) is 28.6. The molecule has 4 unspecified atom stereocenters. The third-order valence-corrected chi connectivity index (χ3v) is 15.0. The van der Waals surface area contributed by atoms with Crippen LogP contribution in [0, 0.1) is 62.6 Å². The lowest BCUT2D eigenvalue weighted by molar-refractivity contribution is -0.242. The topological polar surface area (TPSA) is 61.4 Å². The van der Waals surface area contributed by atoms with Crippen molar-refractivity contribution in [2.75, 3.05) is 5.43 Å². The third kappa shape index (κ3) is 3.75. The van der Waals surface area contributed by atoms with Crippen LogP contribution in [0.3, 0.4) is 0 Å². The fourth-order valence-electron chi connectivity index (χ4n) is 12.7. The van der Waals surface area contributed by atoms with Crippen molar-refractivity contribution >= 4 is 11.7 Å². The van der Waals surface area contributed by atoms with Crippen LogP contribution in [0.5, 0.6) is 0 Å². The molecule has 0 saturated heterocycles. The first-order chi connectivity index (χ1) is 18.8. The van der Waals surface area contributed by atoms with Crippen molar-refractivity contribution in [1.82, 2.24) is 5.43 Å². The van der Waals surface area contributed by atoms with Crippen molar-refractivity contribution in [2.24, 2.45) is 62.6 Å². The van der Waals surface area contributed by atoms with E-state index in [9.17, 15) is 9.90 Å². The number of fused-ring (bicyclic) bond motifs is 7. The minimum Gasteiger partial charge on any atom is -0.481 e. The van der Waals surface area contributed by atoms with E-state index in [0.717, 1.165) is 37.3 Å². The predicted molar refractivity (Wildman–Crippen MR) is 164 cm³/mol. The van der Waals surface area contributed by atoms with Gasteiger partial charge in [0.15, 0.2) is 0 Å². The Morgan fingerprint density at radius 2 is 1.55 bits per heavy atom. The maximum atomic E-state index is 12.9. The molecule has 5 aliphatic rings. The molecular weight excluding hydrogens is 492 g/mol. The fraction of sp³-hybridized carbons (Fsp3) is 0.806. The Kier molecular flexibility index (Phi) is 6.77. The summed E-state index contributed by atoms with van der Waals surface area (Å²) in [6.45, 7) is 17.8. The lowest BCUT2D eigenvalue weighted by Crippen LogP contribution is -2.68. The van der Waals surface area contributed by atoms with Crippen molar-refractivity contribution in [2.45, 2.75) is 119 Å². The maximum Gasteiger partial charge on any atom is 0.309 e. The number of carbonyl (C=O) groups is 1. The van der Waals surface area contributed by atoms with E-state index in [1.54, 1.807) is 0 Å². The van der Waals surface area contributed by atoms with Crippen LogP contribution in [0.1, 0.15) is 113 Å².